The molecule has 1 atom stereocenters. The Labute approximate surface area is 163 Å². The normalized spacial score (nSPS) is 16.6. The van der Waals surface area contributed by atoms with Crippen molar-refractivity contribution < 1.29 is 4.79 Å². The van der Waals surface area contributed by atoms with Crippen LogP contribution in [-0.2, 0) is 6.42 Å². The lowest BCUT2D eigenvalue weighted by molar-refractivity contribution is 0.0965. The van der Waals surface area contributed by atoms with Crippen LogP contribution in [0.4, 0.5) is 0 Å². The number of halogens is 1. The van der Waals surface area contributed by atoms with E-state index in [-0.39, 0.29) is 17.3 Å². The fraction of sp³-hybridized carbons (Fsp3) is 0.150. The minimum atomic E-state index is -0.198. The van der Waals surface area contributed by atoms with E-state index in [0.29, 0.717) is 40.1 Å². The van der Waals surface area contributed by atoms with Gasteiger partial charge in [-0.25, -0.2) is 9.67 Å². The third kappa shape index (κ3) is 2.64. The summed E-state index contributed by atoms with van der Waals surface area (Å²) >= 11 is 7.59. The number of benzene rings is 1. The van der Waals surface area contributed by atoms with E-state index >= 15 is 0 Å². The highest BCUT2D eigenvalue weighted by Gasteiger charge is 2.30. The molecule has 5 nitrogen and oxygen atoms in total. The van der Waals surface area contributed by atoms with E-state index in [2.05, 4.69) is 16.1 Å². The maximum absolute atomic E-state index is 13.1. The number of rotatable bonds is 2. The van der Waals surface area contributed by atoms with Gasteiger partial charge in [0, 0.05) is 34.0 Å². The number of aromatic amines is 1. The van der Waals surface area contributed by atoms with Gasteiger partial charge in [0.1, 0.15) is 0 Å². The summed E-state index contributed by atoms with van der Waals surface area (Å²) in [5, 5.41) is 6.17. The maximum atomic E-state index is 13.1. The Morgan fingerprint density at radius 3 is 2.70 bits per heavy atom. The summed E-state index contributed by atoms with van der Waals surface area (Å²) in [6.45, 7) is 0. The topological polar surface area (TPSA) is 67.8 Å². The smallest absolute Gasteiger partial charge is 0.281 e. The number of H-pyrrole nitrogens is 1. The van der Waals surface area contributed by atoms with Crippen LogP contribution >= 0.6 is 22.9 Å². The molecule has 0 aliphatic heterocycles. The van der Waals surface area contributed by atoms with E-state index in [1.807, 2.05) is 11.4 Å². The van der Waals surface area contributed by atoms with Gasteiger partial charge in [0.25, 0.3) is 5.56 Å². The molecule has 7 heteroatoms. The molecule has 3 aromatic heterocycles. The Bertz CT molecular complexity index is 1220. The molecule has 0 saturated carbocycles. The van der Waals surface area contributed by atoms with Crippen molar-refractivity contribution in [2.24, 2.45) is 0 Å². The van der Waals surface area contributed by atoms with Gasteiger partial charge >= 0.3 is 0 Å². The molecule has 134 valence electrons. The van der Waals surface area contributed by atoms with Crippen molar-refractivity contribution in [2.45, 2.75) is 18.8 Å². The largest absolute Gasteiger partial charge is 0.294 e. The first-order chi connectivity index (χ1) is 13.1. The number of fused-ring (bicyclic) bond motifs is 3. The Hall–Kier alpha value is -2.70. The van der Waals surface area contributed by atoms with Gasteiger partial charge in [-0.1, -0.05) is 17.7 Å². The SMILES string of the molecule is O=C1CC(c2cccs2)Cc2c1cnc1[nH]n(-c3ccc(Cl)cc3)c(=O)c21. The van der Waals surface area contributed by atoms with Crippen molar-refractivity contribution in [1.82, 2.24) is 14.8 Å². The highest BCUT2D eigenvalue weighted by atomic mass is 35.5. The van der Waals surface area contributed by atoms with Crippen LogP contribution in [0.1, 0.15) is 33.1 Å². The minimum absolute atomic E-state index is 0.0442. The van der Waals surface area contributed by atoms with Crippen LogP contribution in [-0.4, -0.2) is 20.5 Å². The summed E-state index contributed by atoms with van der Waals surface area (Å²) < 4.78 is 1.45. The quantitative estimate of drug-likeness (QED) is 0.549. The second-order valence-electron chi connectivity index (χ2n) is 6.65. The van der Waals surface area contributed by atoms with Crippen molar-refractivity contribution in [1.29, 1.82) is 0 Å². The molecular formula is C20H14ClN3O2S. The lowest BCUT2D eigenvalue weighted by Gasteiger charge is -2.22. The number of carbonyl (C=O) groups excluding carboxylic acids is 1. The molecule has 1 aromatic carbocycles. The van der Waals surface area contributed by atoms with Crippen LogP contribution in [0, 0.1) is 0 Å². The molecule has 5 rings (SSSR count). The molecule has 0 radical (unpaired) electrons. The average Bonchev–Trinajstić information content (AvgIpc) is 3.31. The third-order valence-electron chi connectivity index (χ3n) is 5.03. The Kier molecular flexibility index (Phi) is 3.77. The molecule has 1 aliphatic rings. The summed E-state index contributed by atoms with van der Waals surface area (Å²) in [6.07, 6.45) is 2.71. The Morgan fingerprint density at radius 1 is 1.15 bits per heavy atom. The van der Waals surface area contributed by atoms with Crippen LogP contribution in [0.25, 0.3) is 16.7 Å². The Morgan fingerprint density at radius 2 is 1.96 bits per heavy atom. The Balaban J connectivity index is 1.70. The lowest BCUT2D eigenvalue weighted by Crippen LogP contribution is -2.21. The lowest BCUT2D eigenvalue weighted by atomic mass is 9.82. The second-order valence-corrected chi connectivity index (χ2v) is 8.06. The zero-order chi connectivity index (χ0) is 18.5. The van der Waals surface area contributed by atoms with Gasteiger partial charge in [-0.05, 0) is 47.7 Å². The van der Waals surface area contributed by atoms with Crippen LogP contribution in [0.3, 0.4) is 0 Å². The van der Waals surface area contributed by atoms with E-state index in [9.17, 15) is 9.59 Å². The van der Waals surface area contributed by atoms with Gasteiger partial charge in [0.05, 0.1) is 11.1 Å². The maximum Gasteiger partial charge on any atom is 0.281 e. The predicted molar refractivity (Wildman–Crippen MR) is 106 cm³/mol. The van der Waals surface area contributed by atoms with Crippen molar-refractivity contribution >= 4 is 39.8 Å². The van der Waals surface area contributed by atoms with Crippen molar-refractivity contribution in [3.8, 4) is 5.69 Å². The monoisotopic (exact) mass is 395 g/mol. The molecule has 1 aliphatic carbocycles. The first kappa shape index (κ1) is 16.5. The van der Waals surface area contributed by atoms with Gasteiger partial charge in [-0.2, -0.15) is 0 Å². The number of nitrogens with one attached hydrogen (secondary N) is 1. The number of pyridine rings is 1. The van der Waals surface area contributed by atoms with Crippen LogP contribution < -0.4 is 5.56 Å². The second kappa shape index (κ2) is 6.18. The number of hydrogen-bond donors (Lipinski definition) is 1. The number of thiophene rings is 1. The van der Waals surface area contributed by atoms with Crippen molar-refractivity contribution in [2.75, 3.05) is 0 Å². The van der Waals surface area contributed by atoms with Gasteiger partial charge in [0.2, 0.25) is 0 Å². The van der Waals surface area contributed by atoms with E-state index in [1.165, 1.54) is 9.56 Å². The number of carbonyl (C=O) groups is 1. The molecule has 0 amide bonds. The minimum Gasteiger partial charge on any atom is -0.294 e. The summed E-state index contributed by atoms with van der Waals surface area (Å²) in [4.78, 5) is 31.3. The van der Waals surface area contributed by atoms with E-state index in [4.69, 9.17) is 11.6 Å². The van der Waals surface area contributed by atoms with Crippen molar-refractivity contribution in [3.63, 3.8) is 0 Å². The summed E-state index contributed by atoms with van der Waals surface area (Å²) in [5.74, 6) is 0.150. The zero-order valence-corrected chi connectivity index (χ0v) is 15.7. The molecule has 1 N–H and O–H groups in total. The molecule has 0 spiro atoms. The molecule has 1 unspecified atom stereocenters. The first-order valence-corrected chi connectivity index (χ1v) is 9.82. The molecular weight excluding hydrogens is 382 g/mol. The molecule has 0 saturated heterocycles. The van der Waals surface area contributed by atoms with Gasteiger partial charge in [-0.3, -0.25) is 14.7 Å². The summed E-state index contributed by atoms with van der Waals surface area (Å²) in [7, 11) is 0. The zero-order valence-electron chi connectivity index (χ0n) is 14.1. The first-order valence-electron chi connectivity index (χ1n) is 8.57. The number of hydrogen-bond acceptors (Lipinski definition) is 4. The number of aromatic nitrogens is 3. The van der Waals surface area contributed by atoms with Crippen molar-refractivity contribution in [3.05, 3.63) is 79.4 Å². The third-order valence-corrected chi connectivity index (χ3v) is 6.32. The van der Waals surface area contributed by atoms with Gasteiger partial charge in [0.15, 0.2) is 11.4 Å². The number of ketones is 1. The van der Waals surface area contributed by atoms with Gasteiger partial charge < -0.3 is 0 Å². The molecule has 0 bridgehead atoms. The highest BCUT2D eigenvalue weighted by Crippen LogP contribution is 2.36. The molecule has 3 heterocycles. The highest BCUT2D eigenvalue weighted by molar-refractivity contribution is 7.10. The standard InChI is InChI=1S/C20H14ClN3O2S/c21-12-3-5-13(6-4-12)24-20(26)18-14-8-11(17-2-1-7-27-17)9-16(25)15(14)10-22-19(18)23-24/h1-7,10-11H,8-9H2,(H,22,23). The van der Waals surface area contributed by atoms with E-state index in [0.717, 1.165) is 5.56 Å². The number of nitrogens with zero attached hydrogens (tertiary/aromatic N) is 2. The predicted octanol–water partition coefficient (Wildman–Crippen LogP) is 4.34. The van der Waals surface area contributed by atoms with Gasteiger partial charge in [-0.15, -0.1) is 11.3 Å². The van der Waals surface area contributed by atoms with E-state index < -0.39 is 0 Å². The average molecular weight is 396 g/mol. The van der Waals surface area contributed by atoms with E-state index in [1.54, 1.807) is 41.8 Å². The van der Waals surface area contributed by atoms with Crippen LogP contribution in [0.2, 0.25) is 5.02 Å². The molecule has 27 heavy (non-hydrogen) atoms. The fourth-order valence-corrected chi connectivity index (χ4v) is 4.69. The summed E-state index contributed by atoms with van der Waals surface area (Å²) in [5.41, 5.74) is 2.33. The molecule has 4 aromatic rings. The fourth-order valence-electron chi connectivity index (χ4n) is 3.73. The van der Waals surface area contributed by atoms with Crippen LogP contribution in [0.5, 0.6) is 0 Å². The summed E-state index contributed by atoms with van der Waals surface area (Å²) in [6, 6.07) is 11.0. The molecule has 0 fully saturated rings. The number of Topliss-reactive ketones (excluding diaryl/α,β-unsaturated/α-hetero) is 1. The van der Waals surface area contributed by atoms with Crippen LogP contribution in [0.15, 0.2) is 52.8 Å².